The first kappa shape index (κ1) is 38.3. The quantitative estimate of drug-likeness (QED) is 0.145. The smallest absolute Gasteiger partial charge is 0.119 e. The first-order valence-corrected chi connectivity index (χ1v) is 22.1. The lowest BCUT2D eigenvalue weighted by molar-refractivity contribution is 0.415. The van der Waals surface area contributed by atoms with Gasteiger partial charge in [0.15, 0.2) is 0 Å². The topological polar surface area (TPSA) is 26.6 Å². The minimum atomic E-state index is -0.513. The minimum Gasteiger partial charge on any atom is -0.497 e. The predicted molar refractivity (Wildman–Crippen MR) is 269 cm³/mol. The van der Waals surface area contributed by atoms with Crippen molar-refractivity contribution in [3.63, 3.8) is 0 Å². The highest BCUT2D eigenvalue weighted by molar-refractivity contribution is 6.24. The van der Waals surface area contributed by atoms with Crippen molar-refractivity contribution in [3.8, 4) is 39.4 Å². The molecule has 310 valence electrons. The lowest BCUT2D eigenvalue weighted by Gasteiger charge is -2.34. The van der Waals surface area contributed by atoms with Gasteiger partial charge >= 0.3 is 0 Å². The van der Waals surface area contributed by atoms with Crippen molar-refractivity contribution in [2.75, 3.05) is 19.1 Å². The Balaban J connectivity index is 1.10. The number of aromatic nitrogens is 1. The van der Waals surface area contributed by atoms with E-state index in [2.05, 4.69) is 216 Å². The average Bonchev–Trinajstić information content (AvgIpc) is 3.88. The molecule has 1 aliphatic rings. The van der Waals surface area contributed by atoms with E-state index in [1.807, 2.05) is 24.3 Å². The highest BCUT2D eigenvalue weighted by atomic mass is 16.5. The van der Waals surface area contributed by atoms with Gasteiger partial charge in [0, 0.05) is 33.5 Å². The average molecular weight is 837 g/mol. The van der Waals surface area contributed by atoms with Crippen molar-refractivity contribution in [2.45, 2.75) is 5.41 Å². The second-order valence-electron chi connectivity index (χ2n) is 16.8. The molecule has 0 unspecified atom stereocenters. The van der Waals surface area contributed by atoms with E-state index in [1.54, 1.807) is 14.2 Å². The van der Waals surface area contributed by atoms with Crippen LogP contribution in [-0.2, 0) is 5.41 Å². The summed E-state index contributed by atoms with van der Waals surface area (Å²) in [5.74, 6) is 1.62. The Kier molecular flexibility index (Phi) is 9.13. The molecule has 0 saturated carbocycles. The van der Waals surface area contributed by atoms with Crippen LogP contribution >= 0.6 is 0 Å². The molecule has 12 rings (SSSR count). The first-order valence-electron chi connectivity index (χ1n) is 22.1. The molecule has 0 N–H and O–H groups in total. The summed E-state index contributed by atoms with van der Waals surface area (Å²) in [5, 5.41) is 4.90. The number of fused-ring (bicyclic) bond motifs is 8. The van der Waals surface area contributed by atoms with Crippen LogP contribution in [0.2, 0.25) is 0 Å². The molecule has 1 heterocycles. The van der Waals surface area contributed by atoms with Crippen molar-refractivity contribution in [1.82, 2.24) is 4.57 Å². The molecule has 0 saturated heterocycles. The number of ether oxygens (including phenoxy) is 2. The number of rotatable bonds is 9. The molecule has 1 aliphatic carbocycles. The third kappa shape index (κ3) is 5.98. The Labute approximate surface area is 378 Å². The minimum absolute atomic E-state index is 0.513. The summed E-state index contributed by atoms with van der Waals surface area (Å²) in [4.78, 5) is 2.29. The van der Waals surface area contributed by atoms with Crippen LogP contribution in [0.4, 0.5) is 17.1 Å². The number of methoxy groups -OCH3 is 2. The van der Waals surface area contributed by atoms with Gasteiger partial charge in [-0.25, -0.2) is 0 Å². The third-order valence-electron chi connectivity index (χ3n) is 13.5. The van der Waals surface area contributed by atoms with Gasteiger partial charge in [-0.15, -0.1) is 0 Å². The summed E-state index contributed by atoms with van der Waals surface area (Å²) >= 11 is 0. The lowest BCUT2D eigenvalue weighted by atomic mass is 9.67. The molecule has 0 radical (unpaired) electrons. The van der Waals surface area contributed by atoms with Gasteiger partial charge in [0.2, 0.25) is 0 Å². The Bertz CT molecular complexity index is 3470. The number of hydrogen-bond acceptors (Lipinski definition) is 3. The van der Waals surface area contributed by atoms with Crippen LogP contribution in [0.1, 0.15) is 22.3 Å². The maximum absolute atomic E-state index is 5.56. The van der Waals surface area contributed by atoms with E-state index in [-0.39, 0.29) is 0 Å². The Hall–Kier alpha value is -8.34. The van der Waals surface area contributed by atoms with Crippen molar-refractivity contribution in [1.29, 1.82) is 0 Å². The molecule has 0 spiro atoms. The highest BCUT2D eigenvalue weighted by Crippen LogP contribution is 2.57. The summed E-state index contributed by atoms with van der Waals surface area (Å²) in [5.41, 5.74) is 15.9. The van der Waals surface area contributed by atoms with Gasteiger partial charge in [0.05, 0.1) is 30.7 Å². The second-order valence-corrected chi connectivity index (χ2v) is 16.8. The number of hydrogen-bond donors (Lipinski definition) is 0. The fourth-order valence-electron chi connectivity index (χ4n) is 10.6. The standard InChI is InChI=1S/C61H44N2O2/c1-64-48-33-28-44(29-34-48)62(45-30-35-49(65-2)36-31-45)46-21-15-16-41(38-46)55-40-59-60(53-24-10-9-22-50(53)55)54-25-12-14-27-58(54)63(59)47-32-37-52-51-23-11-13-26-56(51)61(57(52)39-47,42-17-5-3-6-18-42)43-19-7-4-8-20-43/h3-40H,1-2H3. The molecule has 11 aromatic rings. The van der Waals surface area contributed by atoms with Gasteiger partial charge in [0.25, 0.3) is 0 Å². The molecular weight excluding hydrogens is 793 g/mol. The molecule has 0 amide bonds. The van der Waals surface area contributed by atoms with Crippen LogP contribution in [0.5, 0.6) is 11.5 Å². The molecule has 1 aromatic heterocycles. The molecule has 0 bridgehead atoms. The number of anilines is 3. The van der Waals surface area contributed by atoms with E-state index >= 15 is 0 Å². The molecule has 4 nitrogen and oxygen atoms in total. The van der Waals surface area contributed by atoms with Gasteiger partial charge in [-0.1, -0.05) is 146 Å². The predicted octanol–water partition coefficient (Wildman–Crippen LogP) is 15.5. The van der Waals surface area contributed by atoms with Gasteiger partial charge in [-0.05, 0) is 140 Å². The van der Waals surface area contributed by atoms with Crippen molar-refractivity contribution in [3.05, 3.63) is 253 Å². The van der Waals surface area contributed by atoms with Crippen molar-refractivity contribution in [2.24, 2.45) is 0 Å². The van der Waals surface area contributed by atoms with E-state index < -0.39 is 5.41 Å². The van der Waals surface area contributed by atoms with E-state index in [1.165, 1.54) is 66.0 Å². The molecule has 0 aliphatic heterocycles. The third-order valence-corrected chi connectivity index (χ3v) is 13.5. The van der Waals surface area contributed by atoms with Crippen molar-refractivity contribution >= 4 is 49.6 Å². The van der Waals surface area contributed by atoms with Crippen LogP contribution < -0.4 is 14.4 Å². The normalized spacial score (nSPS) is 12.6. The van der Waals surface area contributed by atoms with Crippen LogP contribution in [0.25, 0.3) is 60.5 Å². The van der Waals surface area contributed by atoms with Gasteiger partial charge in [-0.3, -0.25) is 0 Å². The zero-order chi connectivity index (χ0) is 43.5. The molecule has 65 heavy (non-hydrogen) atoms. The summed E-state index contributed by atoms with van der Waals surface area (Å²) in [6.07, 6.45) is 0. The highest BCUT2D eigenvalue weighted by Gasteiger charge is 2.46. The summed E-state index contributed by atoms with van der Waals surface area (Å²) in [6.45, 7) is 0. The van der Waals surface area contributed by atoms with Crippen LogP contribution in [0.15, 0.2) is 231 Å². The van der Waals surface area contributed by atoms with Gasteiger partial charge < -0.3 is 18.9 Å². The molecular formula is C61H44N2O2. The maximum Gasteiger partial charge on any atom is 0.119 e. The molecule has 0 fully saturated rings. The Morgan fingerprint density at radius 3 is 1.62 bits per heavy atom. The number of nitrogens with zero attached hydrogens (tertiary/aromatic N) is 2. The van der Waals surface area contributed by atoms with Crippen LogP contribution in [0, 0.1) is 0 Å². The Morgan fingerprint density at radius 1 is 0.385 bits per heavy atom. The monoisotopic (exact) mass is 836 g/mol. The fraction of sp³-hybridized carbons (Fsp3) is 0.0492. The second kappa shape index (κ2) is 15.5. The van der Waals surface area contributed by atoms with E-state index in [0.717, 1.165) is 45.3 Å². The van der Waals surface area contributed by atoms with E-state index in [4.69, 9.17) is 9.47 Å². The first-order chi connectivity index (χ1) is 32.1. The SMILES string of the molecule is COc1ccc(N(c2ccc(OC)cc2)c2cccc(-c3cc4c(c5ccccc35)c3ccccc3n4-c3ccc4c(c3)C(c3ccccc3)(c3ccccc3)c3ccccc3-4)c2)cc1. The molecule has 4 heteroatoms. The van der Waals surface area contributed by atoms with Gasteiger partial charge in [-0.2, -0.15) is 0 Å². The van der Waals surface area contributed by atoms with Crippen LogP contribution in [0.3, 0.4) is 0 Å². The maximum atomic E-state index is 5.56. The molecule has 10 aromatic carbocycles. The summed E-state index contributed by atoms with van der Waals surface area (Å²) in [7, 11) is 3.40. The van der Waals surface area contributed by atoms with E-state index in [0.29, 0.717) is 0 Å². The summed E-state index contributed by atoms with van der Waals surface area (Å²) in [6, 6.07) is 83.8. The Morgan fingerprint density at radius 2 is 0.954 bits per heavy atom. The largest absolute Gasteiger partial charge is 0.497 e. The van der Waals surface area contributed by atoms with Gasteiger partial charge in [0.1, 0.15) is 11.5 Å². The van der Waals surface area contributed by atoms with Crippen LogP contribution in [-0.4, -0.2) is 18.8 Å². The zero-order valence-electron chi connectivity index (χ0n) is 36.2. The molecule has 0 atom stereocenters. The zero-order valence-corrected chi connectivity index (χ0v) is 36.2. The number of benzene rings is 10. The lowest BCUT2D eigenvalue weighted by Crippen LogP contribution is -2.28. The number of para-hydroxylation sites is 1. The summed E-state index contributed by atoms with van der Waals surface area (Å²) < 4.78 is 13.6. The van der Waals surface area contributed by atoms with Crippen molar-refractivity contribution < 1.29 is 9.47 Å². The fourth-order valence-corrected chi connectivity index (χ4v) is 10.6. The van der Waals surface area contributed by atoms with E-state index in [9.17, 15) is 0 Å².